The molecule has 4 unspecified atom stereocenters. The van der Waals surface area contributed by atoms with Crippen LogP contribution in [0.2, 0.25) is 0 Å². The summed E-state index contributed by atoms with van der Waals surface area (Å²) in [7, 11) is 0.659. The maximum Gasteiger partial charge on any atom is 0.209 e. The molecule has 2 aromatic rings. The third kappa shape index (κ3) is 9.76. The number of nitrogens with one attached hydrogen (secondary N) is 1. The van der Waals surface area contributed by atoms with Crippen LogP contribution in [0.3, 0.4) is 0 Å². The van der Waals surface area contributed by atoms with Crippen molar-refractivity contribution in [2.75, 3.05) is 6.26 Å². The number of hydrogen-bond donors (Lipinski definition) is 1. The quantitative estimate of drug-likeness (QED) is 0.429. The zero-order valence-electron chi connectivity index (χ0n) is 25.0. The number of nitrogens with zero attached hydrogens (tertiary/aromatic N) is 4. The Morgan fingerprint density at radius 2 is 2.00 bits per heavy atom. The third-order valence-corrected chi connectivity index (χ3v) is 7.30. The number of alkyl halides is 1. The molecule has 0 aromatic carbocycles. The predicted octanol–water partition coefficient (Wildman–Crippen LogP) is 5.68. The van der Waals surface area contributed by atoms with Crippen LogP contribution in [0.1, 0.15) is 64.3 Å². The van der Waals surface area contributed by atoms with Crippen LogP contribution in [0.4, 0.5) is 4.39 Å². The molecule has 1 N–H and O–H groups in total. The number of fused-ring (bicyclic) bond motifs is 1. The molecule has 0 amide bonds. The number of halogens is 1. The monoisotopic (exact) mass is 601 g/mol. The van der Waals surface area contributed by atoms with E-state index in [4.69, 9.17) is 4.99 Å². The Kier molecular flexibility index (Phi) is 12.2. The van der Waals surface area contributed by atoms with E-state index < -0.39 is 21.5 Å². The summed E-state index contributed by atoms with van der Waals surface area (Å²) in [6.07, 6.45) is 16.2. The number of aliphatic imine (C=N–C) groups is 1. The lowest BCUT2D eigenvalue weighted by Gasteiger charge is -2.31. The molecule has 0 fully saturated rings. The topological polar surface area (TPSA) is 106 Å². The van der Waals surface area contributed by atoms with Crippen molar-refractivity contribution in [1.29, 1.82) is 0 Å². The van der Waals surface area contributed by atoms with Gasteiger partial charge in [-0.25, -0.2) is 17.5 Å². The number of aryl methyl sites for hydroxylation is 1. The number of dihydropyridines is 1. The van der Waals surface area contributed by atoms with Gasteiger partial charge in [-0.15, -0.1) is 0 Å². The van der Waals surface area contributed by atoms with Crippen LogP contribution < -0.4 is 4.72 Å². The van der Waals surface area contributed by atoms with Crippen LogP contribution in [0.25, 0.3) is 5.57 Å². The summed E-state index contributed by atoms with van der Waals surface area (Å²) >= 11 is 0. The van der Waals surface area contributed by atoms with Crippen LogP contribution >= 0.6 is 9.24 Å². The second-order valence-corrected chi connectivity index (χ2v) is 12.5. The van der Waals surface area contributed by atoms with Crippen LogP contribution in [0.5, 0.6) is 0 Å². The molecule has 8 nitrogen and oxygen atoms in total. The Morgan fingerprint density at radius 3 is 2.56 bits per heavy atom. The number of ketones is 1. The molecule has 0 saturated heterocycles. The van der Waals surface area contributed by atoms with Crippen LogP contribution in [0.15, 0.2) is 76.7 Å². The molecule has 4 atom stereocenters. The molecular formula is C30H41FN5O3PS. The number of carbonyl (C=O) groups is 1. The Bertz CT molecular complexity index is 1500. The van der Waals surface area contributed by atoms with Gasteiger partial charge >= 0.3 is 0 Å². The number of pyridine rings is 1. The first-order valence-electron chi connectivity index (χ1n) is 13.3. The van der Waals surface area contributed by atoms with Crippen molar-refractivity contribution in [3.63, 3.8) is 0 Å². The molecule has 4 rings (SSSR count). The zero-order chi connectivity index (χ0) is 31.0. The largest absolute Gasteiger partial charge is 0.293 e. The van der Waals surface area contributed by atoms with Gasteiger partial charge in [0.05, 0.1) is 36.1 Å². The minimum atomic E-state index is -3.24. The molecule has 222 valence electrons. The highest BCUT2D eigenvalue weighted by Crippen LogP contribution is 2.37. The fourth-order valence-corrected chi connectivity index (χ4v) is 4.72. The van der Waals surface area contributed by atoms with Crippen molar-refractivity contribution in [2.24, 2.45) is 18.0 Å². The molecule has 0 saturated carbocycles. The predicted molar refractivity (Wildman–Crippen MR) is 169 cm³/mol. The Morgan fingerprint density at radius 1 is 1.32 bits per heavy atom. The molecule has 3 heterocycles. The van der Waals surface area contributed by atoms with Crippen LogP contribution in [-0.2, 0) is 28.4 Å². The Labute approximate surface area is 245 Å². The Balaban J connectivity index is 0.000000298. The van der Waals surface area contributed by atoms with Gasteiger partial charge in [0.25, 0.3) is 0 Å². The van der Waals surface area contributed by atoms with Gasteiger partial charge in [-0.1, -0.05) is 53.0 Å². The van der Waals surface area contributed by atoms with E-state index in [1.54, 1.807) is 16.9 Å². The molecule has 2 aromatic heterocycles. The minimum absolute atomic E-state index is 0.0735. The van der Waals surface area contributed by atoms with E-state index in [-0.39, 0.29) is 18.2 Å². The minimum Gasteiger partial charge on any atom is -0.293 e. The number of Topliss-reactive ketones (excluding diaryl/α,β-unsaturated/α-hetero) is 1. The summed E-state index contributed by atoms with van der Waals surface area (Å²) in [6.45, 7) is 12.1. The van der Waals surface area contributed by atoms with Crippen molar-refractivity contribution in [1.82, 2.24) is 19.5 Å². The maximum absolute atomic E-state index is 13.2. The summed E-state index contributed by atoms with van der Waals surface area (Å²) < 4.78 is 38.5. The maximum atomic E-state index is 13.2. The third-order valence-electron chi connectivity index (χ3n) is 6.25. The van der Waals surface area contributed by atoms with Crippen molar-refractivity contribution >= 4 is 36.8 Å². The summed E-state index contributed by atoms with van der Waals surface area (Å²) in [4.78, 5) is 21.9. The average molecular weight is 602 g/mol. The molecule has 11 heteroatoms. The lowest BCUT2D eigenvalue weighted by molar-refractivity contribution is -0.118. The first-order valence-corrected chi connectivity index (χ1v) is 15.9. The van der Waals surface area contributed by atoms with E-state index in [2.05, 4.69) is 14.8 Å². The average Bonchev–Trinajstić information content (AvgIpc) is 3.33. The van der Waals surface area contributed by atoms with Gasteiger partial charge in [0, 0.05) is 36.8 Å². The van der Waals surface area contributed by atoms with E-state index in [1.165, 1.54) is 12.3 Å². The number of rotatable bonds is 6. The van der Waals surface area contributed by atoms with Gasteiger partial charge in [0.15, 0.2) is 5.78 Å². The molecular weight excluding hydrogens is 560 g/mol. The van der Waals surface area contributed by atoms with Crippen LogP contribution in [0, 0.1) is 5.92 Å². The molecule has 1 aliphatic heterocycles. The van der Waals surface area contributed by atoms with Crippen molar-refractivity contribution in [3.05, 3.63) is 88.6 Å². The van der Waals surface area contributed by atoms with Gasteiger partial charge in [0.1, 0.15) is 5.91 Å². The molecule has 0 spiro atoms. The van der Waals surface area contributed by atoms with E-state index in [0.717, 1.165) is 34.1 Å². The number of carbonyl (C=O) groups excluding carboxylic acids is 1. The highest BCUT2D eigenvalue weighted by molar-refractivity contribution is 7.88. The van der Waals surface area contributed by atoms with Gasteiger partial charge in [0.2, 0.25) is 10.0 Å². The number of hydrogen-bond acceptors (Lipinski definition) is 6. The molecule has 1 aliphatic carbocycles. The molecule has 2 aliphatic rings. The van der Waals surface area contributed by atoms with E-state index >= 15 is 0 Å². The summed E-state index contributed by atoms with van der Waals surface area (Å²) in [6, 6.07) is 3.07. The standard InChI is InChI=1S/C20H23N3O.C8H12FN2O2PS.C2H6/c1-13(2)8-17-14(3)6-7-20(4)18(19(17)24)9-15(10-21-20)16-11-22-23(5)12-16;1-15(12,13)11-5-7-4-6(8(9)14)2-3-10-7;1-2/h6-12,18H,1-5H3;2-4,8,11H,5,14H2,1H3;1-2H3. The molecule has 0 radical (unpaired) electrons. The lowest BCUT2D eigenvalue weighted by Crippen LogP contribution is -2.37. The summed E-state index contributed by atoms with van der Waals surface area (Å²) in [5.41, 5.74) is 5.22. The van der Waals surface area contributed by atoms with Crippen molar-refractivity contribution in [2.45, 2.75) is 59.5 Å². The first-order chi connectivity index (χ1) is 19.2. The van der Waals surface area contributed by atoms with Gasteiger partial charge in [-0.05, 0) is 56.5 Å². The van der Waals surface area contributed by atoms with Gasteiger partial charge in [-0.2, -0.15) is 5.10 Å². The van der Waals surface area contributed by atoms with E-state index in [0.29, 0.717) is 11.3 Å². The summed E-state index contributed by atoms with van der Waals surface area (Å²) in [5, 5.41) is 4.21. The second-order valence-electron chi connectivity index (χ2n) is 10.1. The van der Waals surface area contributed by atoms with E-state index in [9.17, 15) is 17.6 Å². The Hall–Kier alpha value is -3.07. The normalized spacial score (nSPS) is 20.5. The van der Waals surface area contributed by atoms with Crippen molar-refractivity contribution in [3.8, 4) is 0 Å². The van der Waals surface area contributed by atoms with Crippen LogP contribution in [-0.4, -0.2) is 47.0 Å². The zero-order valence-corrected chi connectivity index (χ0v) is 27.0. The highest BCUT2D eigenvalue weighted by Gasteiger charge is 2.40. The number of aromatic nitrogens is 3. The number of sulfonamides is 1. The van der Waals surface area contributed by atoms with Crippen molar-refractivity contribution < 1.29 is 17.6 Å². The molecule has 0 bridgehead atoms. The van der Waals surface area contributed by atoms with Gasteiger partial charge in [-0.3, -0.25) is 19.5 Å². The number of allylic oxidation sites excluding steroid dienone is 6. The SMILES string of the molecule is CC.CC(C)=CC1=C(C)C=CC2(C)N=CC(c3cnn(C)c3)=CC2C1=O.CS(=O)(=O)NCc1cc(C(F)P)ccn1. The fraction of sp³-hybridized carbons (Fsp3) is 0.400. The lowest BCUT2D eigenvalue weighted by atomic mass is 9.78. The van der Waals surface area contributed by atoms with Gasteiger partial charge < -0.3 is 0 Å². The first kappa shape index (κ1) is 34.1. The fourth-order valence-electron chi connectivity index (χ4n) is 4.10. The summed E-state index contributed by atoms with van der Waals surface area (Å²) in [5.74, 6) is -1.35. The molecule has 41 heavy (non-hydrogen) atoms. The smallest absolute Gasteiger partial charge is 0.209 e. The second kappa shape index (κ2) is 14.7. The van der Waals surface area contributed by atoms with E-state index in [1.807, 2.05) is 94.5 Å². The highest BCUT2D eigenvalue weighted by atomic mass is 32.2.